The standard InChI is InChI=1S/C18H24N2O/c1-15-12-19-10-4-9-18(19)14-20(15)13-17-7-3-2-6-16(17)8-5-11-21/h2-3,6-7,15,18,21H,4,9-14H2,1H3. The second-order valence-electron chi connectivity index (χ2n) is 6.19. The lowest BCUT2D eigenvalue weighted by Crippen LogP contribution is -2.54. The van der Waals surface area contributed by atoms with Crippen LogP contribution in [0.25, 0.3) is 0 Å². The molecule has 1 aromatic rings. The highest BCUT2D eigenvalue weighted by Gasteiger charge is 2.34. The Balaban J connectivity index is 1.74. The van der Waals surface area contributed by atoms with Crippen LogP contribution in [0, 0.1) is 11.8 Å². The number of nitrogens with zero attached hydrogens (tertiary/aromatic N) is 2. The molecule has 3 nitrogen and oxygen atoms in total. The van der Waals surface area contributed by atoms with Gasteiger partial charge in [-0.3, -0.25) is 9.80 Å². The quantitative estimate of drug-likeness (QED) is 0.837. The number of aliphatic hydroxyl groups excluding tert-OH is 1. The largest absolute Gasteiger partial charge is 0.384 e. The van der Waals surface area contributed by atoms with Gasteiger partial charge in [0.05, 0.1) is 0 Å². The van der Waals surface area contributed by atoms with Crippen molar-refractivity contribution in [3.8, 4) is 11.8 Å². The summed E-state index contributed by atoms with van der Waals surface area (Å²) in [6, 6.07) is 9.65. The van der Waals surface area contributed by atoms with Crippen LogP contribution < -0.4 is 0 Å². The zero-order valence-electron chi connectivity index (χ0n) is 12.8. The van der Waals surface area contributed by atoms with Crippen molar-refractivity contribution in [1.82, 2.24) is 9.80 Å². The van der Waals surface area contributed by atoms with Crippen LogP contribution in [0.2, 0.25) is 0 Å². The molecule has 0 radical (unpaired) electrons. The highest BCUT2D eigenvalue weighted by molar-refractivity contribution is 5.41. The van der Waals surface area contributed by atoms with Gasteiger partial charge in [-0.2, -0.15) is 0 Å². The first kappa shape index (κ1) is 14.6. The van der Waals surface area contributed by atoms with E-state index in [4.69, 9.17) is 5.11 Å². The summed E-state index contributed by atoms with van der Waals surface area (Å²) in [6.45, 7) is 6.85. The first-order chi connectivity index (χ1) is 10.3. The maximum Gasteiger partial charge on any atom is 0.104 e. The molecular weight excluding hydrogens is 260 g/mol. The van der Waals surface area contributed by atoms with Gasteiger partial charge in [0.2, 0.25) is 0 Å². The molecule has 0 bridgehead atoms. The third kappa shape index (κ3) is 3.29. The molecule has 2 unspecified atom stereocenters. The van der Waals surface area contributed by atoms with E-state index in [9.17, 15) is 0 Å². The molecule has 0 saturated carbocycles. The highest BCUT2D eigenvalue weighted by Crippen LogP contribution is 2.26. The van der Waals surface area contributed by atoms with Gasteiger partial charge in [-0.25, -0.2) is 0 Å². The first-order valence-electron chi connectivity index (χ1n) is 7.93. The summed E-state index contributed by atoms with van der Waals surface area (Å²) in [5, 5.41) is 8.90. The topological polar surface area (TPSA) is 26.7 Å². The Morgan fingerprint density at radius 2 is 2.14 bits per heavy atom. The van der Waals surface area contributed by atoms with E-state index in [0.29, 0.717) is 6.04 Å². The van der Waals surface area contributed by atoms with Crippen molar-refractivity contribution in [3.63, 3.8) is 0 Å². The van der Waals surface area contributed by atoms with E-state index < -0.39 is 0 Å². The van der Waals surface area contributed by atoms with Crippen molar-refractivity contribution in [2.24, 2.45) is 0 Å². The zero-order valence-corrected chi connectivity index (χ0v) is 12.8. The zero-order chi connectivity index (χ0) is 14.7. The van der Waals surface area contributed by atoms with Crippen LogP contribution in [-0.4, -0.2) is 53.2 Å². The molecule has 0 aliphatic carbocycles. The van der Waals surface area contributed by atoms with Gasteiger partial charge in [0.25, 0.3) is 0 Å². The monoisotopic (exact) mass is 284 g/mol. The van der Waals surface area contributed by atoms with Gasteiger partial charge in [0, 0.05) is 37.3 Å². The van der Waals surface area contributed by atoms with Crippen LogP contribution in [-0.2, 0) is 6.54 Å². The Morgan fingerprint density at radius 3 is 3.00 bits per heavy atom. The fourth-order valence-electron chi connectivity index (χ4n) is 3.60. The van der Waals surface area contributed by atoms with E-state index in [1.54, 1.807) is 0 Å². The average Bonchev–Trinajstić information content (AvgIpc) is 2.94. The Morgan fingerprint density at radius 1 is 1.29 bits per heavy atom. The van der Waals surface area contributed by atoms with E-state index in [1.807, 2.05) is 6.07 Å². The molecule has 2 aliphatic rings. The highest BCUT2D eigenvalue weighted by atomic mass is 16.2. The minimum atomic E-state index is -0.0779. The van der Waals surface area contributed by atoms with Gasteiger partial charge in [-0.05, 0) is 37.9 Å². The summed E-state index contributed by atoms with van der Waals surface area (Å²) in [6.07, 6.45) is 2.69. The van der Waals surface area contributed by atoms with Crippen molar-refractivity contribution in [2.75, 3.05) is 26.2 Å². The lowest BCUT2D eigenvalue weighted by Gasteiger charge is -2.42. The van der Waals surface area contributed by atoms with Crippen LogP contribution >= 0.6 is 0 Å². The molecule has 112 valence electrons. The van der Waals surface area contributed by atoms with E-state index in [1.165, 1.54) is 38.0 Å². The van der Waals surface area contributed by atoms with E-state index in [0.717, 1.165) is 18.2 Å². The second kappa shape index (κ2) is 6.62. The van der Waals surface area contributed by atoms with Crippen LogP contribution in [0.15, 0.2) is 24.3 Å². The predicted octanol–water partition coefficient (Wildman–Crippen LogP) is 1.70. The molecule has 1 N–H and O–H groups in total. The fourth-order valence-corrected chi connectivity index (χ4v) is 3.60. The third-order valence-electron chi connectivity index (χ3n) is 4.76. The van der Waals surface area contributed by atoms with Gasteiger partial charge in [0.1, 0.15) is 6.61 Å². The molecule has 0 amide bonds. The molecule has 2 saturated heterocycles. The van der Waals surface area contributed by atoms with Crippen LogP contribution in [0.3, 0.4) is 0 Å². The molecule has 2 fully saturated rings. The van der Waals surface area contributed by atoms with Gasteiger partial charge < -0.3 is 5.11 Å². The lowest BCUT2D eigenvalue weighted by molar-refractivity contribution is 0.0540. The molecular formula is C18H24N2O. The summed E-state index contributed by atoms with van der Waals surface area (Å²) >= 11 is 0. The summed E-state index contributed by atoms with van der Waals surface area (Å²) in [5.74, 6) is 5.85. The molecule has 1 aromatic carbocycles. The molecule has 3 rings (SSSR count). The number of fused-ring (bicyclic) bond motifs is 1. The van der Waals surface area contributed by atoms with Crippen molar-refractivity contribution in [2.45, 2.75) is 38.4 Å². The van der Waals surface area contributed by atoms with Gasteiger partial charge in [-0.1, -0.05) is 30.0 Å². The van der Waals surface area contributed by atoms with Gasteiger partial charge in [-0.15, -0.1) is 0 Å². The summed E-state index contributed by atoms with van der Waals surface area (Å²) in [7, 11) is 0. The first-order valence-corrected chi connectivity index (χ1v) is 7.93. The Kier molecular flexibility index (Phi) is 4.60. The van der Waals surface area contributed by atoms with Gasteiger partial charge in [0.15, 0.2) is 0 Å². The molecule has 2 aliphatic heterocycles. The lowest BCUT2D eigenvalue weighted by atomic mass is 10.0. The van der Waals surface area contributed by atoms with Crippen LogP contribution in [0.5, 0.6) is 0 Å². The summed E-state index contributed by atoms with van der Waals surface area (Å²) in [5.41, 5.74) is 2.32. The Labute approximate surface area is 127 Å². The minimum absolute atomic E-state index is 0.0779. The van der Waals surface area contributed by atoms with Crippen LogP contribution in [0.1, 0.15) is 30.9 Å². The average molecular weight is 284 g/mol. The molecule has 2 heterocycles. The second-order valence-corrected chi connectivity index (χ2v) is 6.19. The van der Waals surface area contributed by atoms with Crippen LogP contribution in [0.4, 0.5) is 0 Å². The number of rotatable bonds is 2. The Bertz CT molecular complexity index is 546. The Hall–Kier alpha value is -1.34. The molecule has 0 aromatic heterocycles. The van der Waals surface area contributed by atoms with Crippen molar-refractivity contribution < 1.29 is 5.11 Å². The molecule has 0 spiro atoms. The van der Waals surface area contributed by atoms with E-state index >= 15 is 0 Å². The smallest absolute Gasteiger partial charge is 0.104 e. The van der Waals surface area contributed by atoms with E-state index in [-0.39, 0.29) is 6.61 Å². The molecule has 21 heavy (non-hydrogen) atoms. The normalized spacial score (nSPS) is 26.2. The predicted molar refractivity (Wildman–Crippen MR) is 84.9 cm³/mol. The fraction of sp³-hybridized carbons (Fsp3) is 0.556. The van der Waals surface area contributed by atoms with Crippen molar-refractivity contribution >= 4 is 0 Å². The number of aliphatic hydroxyl groups is 1. The summed E-state index contributed by atoms with van der Waals surface area (Å²) < 4.78 is 0. The van der Waals surface area contributed by atoms with Gasteiger partial charge >= 0.3 is 0 Å². The number of piperazine rings is 1. The van der Waals surface area contributed by atoms with Crippen molar-refractivity contribution in [3.05, 3.63) is 35.4 Å². The van der Waals surface area contributed by atoms with E-state index in [2.05, 4.69) is 46.8 Å². The number of hydrogen-bond acceptors (Lipinski definition) is 3. The number of hydrogen-bond donors (Lipinski definition) is 1. The maximum atomic E-state index is 8.90. The third-order valence-corrected chi connectivity index (χ3v) is 4.76. The SMILES string of the molecule is CC1CN2CCCC2CN1Cc1ccccc1C#CCO. The maximum absolute atomic E-state index is 8.90. The minimum Gasteiger partial charge on any atom is -0.384 e. The number of benzene rings is 1. The van der Waals surface area contributed by atoms with Crippen molar-refractivity contribution in [1.29, 1.82) is 0 Å². The summed E-state index contributed by atoms with van der Waals surface area (Å²) in [4.78, 5) is 5.24. The molecule has 3 heteroatoms. The molecule has 2 atom stereocenters.